The molecule has 0 heterocycles. The zero-order valence-electron chi connectivity index (χ0n) is 14.3. The Morgan fingerprint density at radius 2 is 1.19 bits per heavy atom. The largest absolute Gasteiger partial charge is 0.297 e. The lowest BCUT2D eigenvalue weighted by atomic mass is 9.80. The molecule has 3 nitrogen and oxygen atoms in total. The summed E-state index contributed by atoms with van der Waals surface area (Å²) in [6.45, 7) is 0. The van der Waals surface area contributed by atoms with Gasteiger partial charge in [-0.05, 0) is 23.3 Å². The summed E-state index contributed by atoms with van der Waals surface area (Å²) >= 11 is 5.98. The van der Waals surface area contributed by atoms with Crippen LogP contribution in [0.4, 0.5) is 0 Å². The predicted octanol–water partition coefficient (Wildman–Crippen LogP) is 4.74. The van der Waals surface area contributed by atoms with E-state index in [4.69, 9.17) is 11.6 Å². The van der Waals surface area contributed by atoms with E-state index in [1.807, 2.05) is 30.3 Å². The van der Waals surface area contributed by atoms with Gasteiger partial charge in [0.15, 0.2) is 17.3 Å². The zero-order chi connectivity index (χ0) is 19.0. The van der Waals surface area contributed by atoms with Crippen LogP contribution in [0.2, 0.25) is 5.02 Å². The number of halogens is 1. The van der Waals surface area contributed by atoms with Crippen LogP contribution in [0.5, 0.6) is 0 Å². The Hall–Kier alpha value is -3.04. The van der Waals surface area contributed by atoms with Crippen LogP contribution in [0, 0.1) is 5.92 Å². The Balaban J connectivity index is 1.79. The number of benzene rings is 3. The maximum absolute atomic E-state index is 13.4. The Kier molecular flexibility index (Phi) is 4.46. The average molecular weight is 375 g/mol. The molecule has 1 unspecified atom stereocenters. The van der Waals surface area contributed by atoms with Gasteiger partial charge in [0.2, 0.25) is 0 Å². The van der Waals surface area contributed by atoms with Gasteiger partial charge in [-0.1, -0.05) is 78.3 Å². The van der Waals surface area contributed by atoms with Crippen LogP contribution < -0.4 is 0 Å². The molecule has 0 bridgehead atoms. The fraction of sp³-hybridized carbons (Fsp3) is 0.0870. The van der Waals surface area contributed by atoms with E-state index < -0.39 is 29.2 Å². The van der Waals surface area contributed by atoms with Crippen molar-refractivity contribution in [1.29, 1.82) is 0 Å². The van der Waals surface area contributed by atoms with Crippen LogP contribution in [0.1, 0.15) is 37.8 Å². The maximum atomic E-state index is 13.4. The van der Waals surface area contributed by atoms with E-state index in [1.54, 1.807) is 48.5 Å². The van der Waals surface area contributed by atoms with Gasteiger partial charge >= 0.3 is 0 Å². The van der Waals surface area contributed by atoms with Crippen molar-refractivity contribution in [2.24, 2.45) is 5.92 Å². The molecule has 0 radical (unpaired) electrons. The number of carbonyl (C=O) groups excluding carboxylic acids is 3. The monoisotopic (exact) mass is 374 g/mol. The minimum atomic E-state index is -1.30. The van der Waals surface area contributed by atoms with Crippen molar-refractivity contribution in [3.63, 3.8) is 0 Å². The van der Waals surface area contributed by atoms with Gasteiger partial charge in [0.25, 0.3) is 0 Å². The molecule has 1 aliphatic rings. The van der Waals surface area contributed by atoms with Crippen molar-refractivity contribution in [1.82, 2.24) is 0 Å². The van der Waals surface area contributed by atoms with E-state index in [9.17, 15) is 14.4 Å². The predicted molar refractivity (Wildman–Crippen MR) is 103 cm³/mol. The summed E-state index contributed by atoms with van der Waals surface area (Å²) < 4.78 is 0. The number of hydrogen-bond donors (Lipinski definition) is 0. The Morgan fingerprint density at radius 3 is 1.74 bits per heavy atom. The second kappa shape index (κ2) is 6.93. The first-order valence-corrected chi connectivity index (χ1v) is 8.97. The van der Waals surface area contributed by atoms with E-state index in [0.717, 1.165) is 5.56 Å². The normalized spacial score (nSPS) is 14.9. The summed E-state index contributed by atoms with van der Waals surface area (Å²) in [5.41, 5.74) is 2.08. The molecule has 0 saturated carbocycles. The second-order valence-electron chi connectivity index (χ2n) is 6.50. The molecule has 3 aromatic carbocycles. The highest BCUT2D eigenvalue weighted by molar-refractivity contribution is 6.36. The molecule has 4 heteroatoms. The van der Waals surface area contributed by atoms with Gasteiger partial charge < -0.3 is 0 Å². The minimum Gasteiger partial charge on any atom is -0.297 e. The molecule has 0 N–H and O–H groups in total. The molecule has 1 aliphatic carbocycles. The minimum absolute atomic E-state index is 0.323. The summed E-state index contributed by atoms with van der Waals surface area (Å²) in [4.78, 5) is 39.1. The topological polar surface area (TPSA) is 51.2 Å². The van der Waals surface area contributed by atoms with E-state index in [0.29, 0.717) is 21.7 Å². The van der Waals surface area contributed by atoms with Gasteiger partial charge in [0.1, 0.15) is 5.92 Å². The average Bonchev–Trinajstić information content (AvgIpc) is 2.95. The number of ketones is 3. The lowest BCUT2D eigenvalue weighted by Crippen LogP contribution is -2.31. The van der Waals surface area contributed by atoms with Gasteiger partial charge in [0.05, 0.1) is 5.92 Å². The summed E-state index contributed by atoms with van der Waals surface area (Å²) in [5.74, 6) is -3.26. The lowest BCUT2D eigenvalue weighted by Gasteiger charge is -2.19. The van der Waals surface area contributed by atoms with Gasteiger partial charge in [-0.3, -0.25) is 14.4 Å². The van der Waals surface area contributed by atoms with Crippen molar-refractivity contribution in [3.05, 3.63) is 106 Å². The SMILES string of the molecule is O=C1c2ccccc2C(=O)C1C(=O)C(c1ccccc1)c1ccc(Cl)cc1. The zero-order valence-corrected chi connectivity index (χ0v) is 15.0. The van der Waals surface area contributed by atoms with E-state index in [-0.39, 0.29) is 0 Å². The third-order valence-corrected chi connectivity index (χ3v) is 5.14. The highest BCUT2D eigenvalue weighted by Gasteiger charge is 2.45. The molecule has 3 aromatic rings. The molecule has 0 amide bonds. The number of Topliss-reactive ketones (excluding diaryl/α,β-unsaturated/α-hetero) is 3. The molecule has 0 aliphatic heterocycles. The first kappa shape index (κ1) is 17.4. The van der Waals surface area contributed by atoms with Crippen molar-refractivity contribution in [3.8, 4) is 0 Å². The number of carbonyl (C=O) groups is 3. The van der Waals surface area contributed by atoms with Crippen LogP contribution in [0.25, 0.3) is 0 Å². The molecule has 4 rings (SSSR count). The third kappa shape index (κ3) is 3.00. The quantitative estimate of drug-likeness (QED) is 0.620. The fourth-order valence-corrected chi connectivity index (χ4v) is 3.72. The van der Waals surface area contributed by atoms with Crippen LogP contribution in [0.3, 0.4) is 0 Å². The van der Waals surface area contributed by atoms with E-state index in [2.05, 4.69) is 0 Å². The van der Waals surface area contributed by atoms with Gasteiger partial charge in [-0.2, -0.15) is 0 Å². The van der Waals surface area contributed by atoms with Crippen molar-refractivity contribution in [2.75, 3.05) is 0 Å². The van der Waals surface area contributed by atoms with Gasteiger partial charge in [0, 0.05) is 16.1 Å². The summed E-state index contributed by atoms with van der Waals surface area (Å²) in [5, 5.41) is 0.554. The Bertz CT molecular complexity index is 1000. The summed E-state index contributed by atoms with van der Waals surface area (Å²) in [7, 11) is 0. The molecular weight excluding hydrogens is 360 g/mol. The molecule has 27 heavy (non-hydrogen) atoms. The number of hydrogen-bond acceptors (Lipinski definition) is 3. The Morgan fingerprint density at radius 1 is 0.704 bits per heavy atom. The van der Waals surface area contributed by atoms with Crippen molar-refractivity contribution in [2.45, 2.75) is 5.92 Å². The maximum Gasteiger partial charge on any atom is 0.181 e. The lowest BCUT2D eigenvalue weighted by molar-refractivity contribution is -0.120. The molecule has 0 spiro atoms. The first-order chi connectivity index (χ1) is 13.1. The highest BCUT2D eigenvalue weighted by atomic mass is 35.5. The highest BCUT2D eigenvalue weighted by Crippen LogP contribution is 2.35. The standard InChI is InChI=1S/C23H15ClO3/c24-16-12-10-15(11-13-16)19(14-6-2-1-3-7-14)23(27)20-21(25)17-8-4-5-9-18(17)22(20)26/h1-13,19-20H. The van der Waals surface area contributed by atoms with Crippen LogP contribution in [-0.4, -0.2) is 17.3 Å². The van der Waals surface area contributed by atoms with Gasteiger partial charge in [-0.25, -0.2) is 0 Å². The van der Waals surface area contributed by atoms with E-state index in [1.165, 1.54) is 0 Å². The van der Waals surface area contributed by atoms with Crippen LogP contribution >= 0.6 is 11.6 Å². The summed E-state index contributed by atoms with van der Waals surface area (Å²) in [6, 6.07) is 22.7. The van der Waals surface area contributed by atoms with Crippen molar-refractivity contribution >= 4 is 29.0 Å². The van der Waals surface area contributed by atoms with Crippen LogP contribution in [-0.2, 0) is 4.79 Å². The second-order valence-corrected chi connectivity index (χ2v) is 6.94. The molecule has 0 fully saturated rings. The van der Waals surface area contributed by atoms with E-state index >= 15 is 0 Å². The molecule has 132 valence electrons. The molecule has 0 aromatic heterocycles. The van der Waals surface area contributed by atoms with Crippen LogP contribution in [0.15, 0.2) is 78.9 Å². The smallest absolute Gasteiger partial charge is 0.181 e. The molecule has 1 atom stereocenters. The van der Waals surface area contributed by atoms with Crippen molar-refractivity contribution < 1.29 is 14.4 Å². The van der Waals surface area contributed by atoms with Gasteiger partial charge in [-0.15, -0.1) is 0 Å². The third-order valence-electron chi connectivity index (χ3n) is 4.89. The number of rotatable bonds is 4. The number of fused-ring (bicyclic) bond motifs is 1. The molecular formula is C23H15ClO3. The Labute approximate surface area is 161 Å². The first-order valence-electron chi connectivity index (χ1n) is 8.59. The molecule has 0 saturated heterocycles. The fourth-order valence-electron chi connectivity index (χ4n) is 3.59. The summed E-state index contributed by atoms with van der Waals surface area (Å²) in [6.07, 6.45) is 0.